The summed E-state index contributed by atoms with van der Waals surface area (Å²) in [6.45, 7) is 4.60. The first-order chi connectivity index (χ1) is 15.9. The highest BCUT2D eigenvalue weighted by molar-refractivity contribution is 6.00. The van der Waals surface area contributed by atoms with Crippen molar-refractivity contribution in [2.24, 2.45) is 0 Å². The SMILES string of the molecule is CC(C=O)c1ccc(N2CCN(C(=O)c3cc([N+](=O)[O-])ccc3N3CC=CC3)CC2)c(F)c1. The molecule has 0 N–H and O–H groups in total. The van der Waals surface area contributed by atoms with Crippen LogP contribution in [-0.2, 0) is 4.79 Å². The summed E-state index contributed by atoms with van der Waals surface area (Å²) in [5.74, 6) is -1.04. The Kier molecular flexibility index (Phi) is 6.39. The molecule has 1 atom stereocenters. The molecular weight excluding hydrogens is 427 g/mol. The minimum atomic E-state index is -0.501. The number of benzene rings is 2. The van der Waals surface area contributed by atoms with Crippen LogP contribution in [0.5, 0.6) is 0 Å². The zero-order valence-electron chi connectivity index (χ0n) is 18.3. The summed E-state index contributed by atoms with van der Waals surface area (Å²) in [4.78, 5) is 40.6. The monoisotopic (exact) mass is 452 g/mol. The van der Waals surface area contributed by atoms with Gasteiger partial charge in [0.05, 0.1) is 21.9 Å². The van der Waals surface area contributed by atoms with E-state index in [9.17, 15) is 24.1 Å². The number of carbonyl (C=O) groups excluding carboxylic acids is 2. The largest absolute Gasteiger partial charge is 0.366 e. The zero-order valence-corrected chi connectivity index (χ0v) is 18.3. The lowest BCUT2D eigenvalue weighted by molar-refractivity contribution is -0.384. The number of hydrogen-bond donors (Lipinski definition) is 0. The van der Waals surface area contributed by atoms with Gasteiger partial charge in [0, 0.05) is 57.3 Å². The van der Waals surface area contributed by atoms with Crippen molar-refractivity contribution < 1.29 is 18.9 Å². The van der Waals surface area contributed by atoms with Gasteiger partial charge in [0.25, 0.3) is 11.6 Å². The smallest absolute Gasteiger partial charge is 0.270 e. The summed E-state index contributed by atoms with van der Waals surface area (Å²) >= 11 is 0. The number of nitro groups is 1. The Morgan fingerprint density at radius 3 is 2.30 bits per heavy atom. The van der Waals surface area contributed by atoms with E-state index >= 15 is 0 Å². The average molecular weight is 452 g/mol. The van der Waals surface area contributed by atoms with Gasteiger partial charge in [0.2, 0.25) is 0 Å². The van der Waals surface area contributed by atoms with Crippen LogP contribution >= 0.6 is 0 Å². The number of piperazine rings is 1. The highest BCUT2D eigenvalue weighted by Crippen LogP contribution is 2.29. The van der Waals surface area contributed by atoms with E-state index in [-0.39, 0.29) is 17.5 Å². The molecule has 9 heteroatoms. The van der Waals surface area contributed by atoms with Crippen molar-refractivity contribution in [3.05, 3.63) is 75.6 Å². The van der Waals surface area contributed by atoms with Crippen LogP contribution in [0.2, 0.25) is 0 Å². The molecule has 1 saturated heterocycles. The molecule has 0 aliphatic carbocycles. The Bertz CT molecular complexity index is 1100. The molecule has 4 rings (SSSR count). The molecule has 1 amide bonds. The molecule has 172 valence electrons. The van der Waals surface area contributed by atoms with Crippen LogP contribution in [0, 0.1) is 15.9 Å². The molecule has 0 aromatic heterocycles. The molecule has 0 spiro atoms. The van der Waals surface area contributed by atoms with Crippen molar-refractivity contribution in [3.8, 4) is 0 Å². The van der Waals surface area contributed by atoms with Gasteiger partial charge in [-0.05, 0) is 23.8 Å². The molecule has 8 nitrogen and oxygen atoms in total. The third-order valence-electron chi connectivity index (χ3n) is 6.19. The molecule has 33 heavy (non-hydrogen) atoms. The van der Waals surface area contributed by atoms with Crippen LogP contribution < -0.4 is 9.80 Å². The number of non-ortho nitro benzene ring substituents is 1. The van der Waals surface area contributed by atoms with Crippen molar-refractivity contribution in [2.45, 2.75) is 12.8 Å². The van der Waals surface area contributed by atoms with Gasteiger partial charge in [0.15, 0.2) is 0 Å². The summed E-state index contributed by atoms with van der Waals surface area (Å²) in [6, 6.07) is 9.18. The molecule has 0 bridgehead atoms. The zero-order chi connectivity index (χ0) is 23.5. The maximum Gasteiger partial charge on any atom is 0.270 e. The summed E-state index contributed by atoms with van der Waals surface area (Å²) < 4.78 is 14.7. The molecule has 1 unspecified atom stereocenters. The van der Waals surface area contributed by atoms with Crippen LogP contribution in [0.4, 0.5) is 21.5 Å². The van der Waals surface area contributed by atoms with Gasteiger partial charge in [-0.15, -0.1) is 0 Å². The van der Waals surface area contributed by atoms with Crippen LogP contribution in [0.25, 0.3) is 0 Å². The van der Waals surface area contributed by atoms with Crippen molar-refractivity contribution >= 4 is 29.3 Å². The van der Waals surface area contributed by atoms with E-state index in [1.165, 1.54) is 18.2 Å². The molecule has 2 aromatic carbocycles. The predicted molar refractivity (Wildman–Crippen MR) is 123 cm³/mol. The first-order valence-corrected chi connectivity index (χ1v) is 10.9. The number of nitro benzene ring substituents is 1. The summed E-state index contributed by atoms with van der Waals surface area (Å²) in [5.41, 5.74) is 1.90. The van der Waals surface area contributed by atoms with Gasteiger partial charge in [-0.3, -0.25) is 14.9 Å². The van der Waals surface area contributed by atoms with Gasteiger partial charge in [-0.2, -0.15) is 0 Å². The van der Waals surface area contributed by atoms with E-state index in [0.717, 1.165) is 6.29 Å². The molecule has 1 fully saturated rings. The molecule has 2 heterocycles. The number of aldehydes is 1. The summed E-state index contributed by atoms with van der Waals surface area (Å²) in [6.07, 6.45) is 4.76. The van der Waals surface area contributed by atoms with Gasteiger partial charge in [-0.25, -0.2) is 4.39 Å². The fourth-order valence-electron chi connectivity index (χ4n) is 4.22. The van der Waals surface area contributed by atoms with Gasteiger partial charge >= 0.3 is 0 Å². The topological polar surface area (TPSA) is 87.0 Å². The second-order valence-electron chi connectivity index (χ2n) is 8.25. The number of amides is 1. The fraction of sp³-hybridized carbons (Fsp3) is 0.333. The lowest BCUT2D eigenvalue weighted by Gasteiger charge is -2.37. The van der Waals surface area contributed by atoms with E-state index in [1.54, 1.807) is 30.0 Å². The van der Waals surface area contributed by atoms with E-state index in [1.807, 2.05) is 22.0 Å². The Labute approximate surface area is 191 Å². The molecular formula is C24H25FN4O4. The average Bonchev–Trinajstić information content (AvgIpc) is 3.37. The highest BCUT2D eigenvalue weighted by atomic mass is 19.1. The minimum absolute atomic E-state index is 0.125. The van der Waals surface area contributed by atoms with Crippen LogP contribution in [0.1, 0.15) is 28.8 Å². The van der Waals surface area contributed by atoms with Crippen molar-refractivity contribution in [1.29, 1.82) is 0 Å². The number of halogens is 1. The van der Waals surface area contributed by atoms with Gasteiger partial charge < -0.3 is 19.5 Å². The number of hydrogen-bond acceptors (Lipinski definition) is 6. The number of anilines is 2. The molecule has 2 aliphatic heterocycles. The van der Waals surface area contributed by atoms with E-state index in [0.29, 0.717) is 61.8 Å². The highest BCUT2D eigenvalue weighted by Gasteiger charge is 2.28. The minimum Gasteiger partial charge on any atom is -0.366 e. The number of nitrogens with zero attached hydrogens (tertiary/aromatic N) is 4. The Balaban J connectivity index is 1.50. The molecule has 0 saturated carbocycles. The second-order valence-corrected chi connectivity index (χ2v) is 8.25. The molecule has 2 aromatic rings. The van der Waals surface area contributed by atoms with E-state index in [2.05, 4.69) is 0 Å². The third-order valence-corrected chi connectivity index (χ3v) is 6.19. The first kappa shape index (κ1) is 22.4. The van der Waals surface area contributed by atoms with Crippen LogP contribution in [0.3, 0.4) is 0 Å². The molecule has 2 aliphatic rings. The first-order valence-electron chi connectivity index (χ1n) is 10.9. The molecule has 0 radical (unpaired) electrons. The van der Waals surface area contributed by atoms with E-state index < -0.39 is 10.7 Å². The Morgan fingerprint density at radius 2 is 1.70 bits per heavy atom. The fourth-order valence-corrected chi connectivity index (χ4v) is 4.22. The van der Waals surface area contributed by atoms with Crippen LogP contribution in [0.15, 0.2) is 48.6 Å². The van der Waals surface area contributed by atoms with Gasteiger partial charge in [0.1, 0.15) is 12.1 Å². The second kappa shape index (κ2) is 9.40. The summed E-state index contributed by atoms with van der Waals surface area (Å²) in [7, 11) is 0. The van der Waals surface area contributed by atoms with Crippen molar-refractivity contribution in [2.75, 3.05) is 49.1 Å². The number of rotatable bonds is 6. The quantitative estimate of drug-likeness (QED) is 0.289. The van der Waals surface area contributed by atoms with Gasteiger partial charge in [-0.1, -0.05) is 25.1 Å². The lowest BCUT2D eigenvalue weighted by atomic mass is 10.0. The third kappa shape index (κ3) is 4.57. The lowest BCUT2D eigenvalue weighted by Crippen LogP contribution is -2.49. The predicted octanol–water partition coefficient (Wildman–Crippen LogP) is 3.37. The number of carbonyl (C=O) groups is 2. The van der Waals surface area contributed by atoms with E-state index in [4.69, 9.17) is 0 Å². The maximum absolute atomic E-state index is 14.7. The Hall–Kier alpha value is -3.75. The van der Waals surface area contributed by atoms with Crippen LogP contribution in [-0.4, -0.2) is 61.3 Å². The normalized spacial score (nSPS) is 16.7. The summed E-state index contributed by atoms with van der Waals surface area (Å²) in [5, 5.41) is 11.3. The Morgan fingerprint density at radius 1 is 1.03 bits per heavy atom. The standard InChI is InChI=1S/C24H25FN4O4/c1-17(16-30)18-4-6-23(21(25)14-18)27-10-12-28(13-11-27)24(31)20-15-19(29(32)33)5-7-22(20)26-8-2-3-9-26/h2-7,14-17H,8-13H2,1H3. The van der Waals surface area contributed by atoms with Crippen molar-refractivity contribution in [1.82, 2.24) is 4.90 Å². The van der Waals surface area contributed by atoms with Crippen molar-refractivity contribution in [3.63, 3.8) is 0 Å². The maximum atomic E-state index is 14.7.